The molecule has 170 valence electrons. The molecule has 0 radical (unpaired) electrons. The second-order valence-corrected chi connectivity index (χ2v) is 7.56. The van der Waals surface area contributed by atoms with Crippen LogP contribution in [-0.4, -0.2) is 59.7 Å². The lowest BCUT2D eigenvalue weighted by atomic mass is 10.1. The highest BCUT2D eigenvalue weighted by Gasteiger charge is 2.20. The molecule has 1 saturated heterocycles. The van der Waals surface area contributed by atoms with Crippen molar-refractivity contribution in [1.82, 2.24) is 9.97 Å². The van der Waals surface area contributed by atoms with Crippen molar-refractivity contribution in [3.8, 4) is 5.75 Å². The van der Waals surface area contributed by atoms with Crippen LogP contribution >= 0.6 is 0 Å². The molecule has 1 fully saturated rings. The Morgan fingerprint density at radius 2 is 1.67 bits per heavy atom. The number of rotatable bonds is 7. The van der Waals surface area contributed by atoms with Crippen LogP contribution in [0.3, 0.4) is 0 Å². The van der Waals surface area contributed by atoms with Crippen LogP contribution in [0.4, 0.5) is 17.3 Å². The maximum absolute atomic E-state index is 12.3. The Morgan fingerprint density at radius 1 is 0.939 bits per heavy atom. The van der Waals surface area contributed by atoms with Crippen molar-refractivity contribution in [2.75, 3.05) is 47.9 Å². The minimum absolute atomic E-state index is 0.0352. The molecule has 0 aliphatic carbocycles. The lowest BCUT2D eigenvalue weighted by Gasteiger charge is -2.24. The van der Waals surface area contributed by atoms with Crippen molar-refractivity contribution < 1.29 is 19.4 Å². The number of carboxylic acid groups (broad SMARTS) is 1. The molecule has 0 unspecified atom stereocenters. The predicted octanol–water partition coefficient (Wildman–Crippen LogP) is 2.91. The number of nitrogens with one attached hydrogen (secondary N) is 1. The van der Waals surface area contributed by atoms with Gasteiger partial charge in [-0.05, 0) is 42.8 Å². The molecule has 33 heavy (non-hydrogen) atoms. The molecule has 2 aromatic carbocycles. The van der Waals surface area contributed by atoms with E-state index in [1.807, 2.05) is 24.3 Å². The van der Waals surface area contributed by atoms with Gasteiger partial charge in [0.15, 0.2) is 6.61 Å². The number of hydrogen-bond acceptors (Lipinski definition) is 7. The molecular formula is C24H25N5O4. The Balaban J connectivity index is 1.42. The average molecular weight is 447 g/mol. The van der Waals surface area contributed by atoms with Gasteiger partial charge in [-0.15, -0.1) is 0 Å². The molecule has 2 N–H and O–H groups in total. The van der Waals surface area contributed by atoms with Gasteiger partial charge in [0, 0.05) is 44.3 Å². The number of carboxylic acids is 1. The summed E-state index contributed by atoms with van der Waals surface area (Å²) in [5, 5.41) is 12.4. The first-order valence-electron chi connectivity index (χ1n) is 10.7. The number of carbonyl (C=O) groups is 2. The fraction of sp³-hybridized carbons (Fsp3) is 0.250. The molecule has 2 heterocycles. The van der Waals surface area contributed by atoms with Crippen LogP contribution in [0, 0.1) is 0 Å². The van der Waals surface area contributed by atoms with Gasteiger partial charge in [-0.1, -0.05) is 18.2 Å². The van der Waals surface area contributed by atoms with Crippen LogP contribution in [0.2, 0.25) is 0 Å². The van der Waals surface area contributed by atoms with Crippen LogP contribution in [0.15, 0.2) is 67.0 Å². The van der Waals surface area contributed by atoms with E-state index in [0.29, 0.717) is 18.2 Å². The number of hydrogen-bond donors (Lipinski definition) is 2. The predicted molar refractivity (Wildman–Crippen MR) is 125 cm³/mol. The van der Waals surface area contributed by atoms with E-state index >= 15 is 0 Å². The van der Waals surface area contributed by atoms with Gasteiger partial charge >= 0.3 is 5.97 Å². The summed E-state index contributed by atoms with van der Waals surface area (Å²) in [4.78, 5) is 37.1. The lowest BCUT2D eigenvalue weighted by Crippen LogP contribution is -2.31. The van der Waals surface area contributed by atoms with Crippen molar-refractivity contribution in [3.05, 3.63) is 72.6 Å². The standard InChI is InChI=1S/C24H25N5O4/c30-22(17-33-19-6-2-1-3-7-19)27-21-9-8-18(16-20(21)23(31)32)28-12-5-13-29(15-14-28)24-25-10-4-11-26-24/h1-4,6-11,16H,5,12-15,17H2,(H,27,30)(H,31,32). The van der Waals surface area contributed by atoms with Gasteiger partial charge in [-0.2, -0.15) is 0 Å². The zero-order valence-corrected chi connectivity index (χ0v) is 18.1. The Morgan fingerprint density at radius 3 is 2.42 bits per heavy atom. The largest absolute Gasteiger partial charge is 0.484 e. The van der Waals surface area contributed by atoms with E-state index in [1.54, 1.807) is 42.7 Å². The van der Waals surface area contributed by atoms with E-state index < -0.39 is 11.9 Å². The number of anilines is 3. The van der Waals surface area contributed by atoms with E-state index in [9.17, 15) is 14.7 Å². The van der Waals surface area contributed by atoms with Crippen molar-refractivity contribution in [2.45, 2.75) is 6.42 Å². The van der Waals surface area contributed by atoms with Gasteiger partial charge < -0.3 is 25.0 Å². The van der Waals surface area contributed by atoms with Gasteiger partial charge in [0.2, 0.25) is 5.95 Å². The highest BCUT2D eigenvalue weighted by Crippen LogP contribution is 2.25. The third-order valence-electron chi connectivity index (χ3n) is 5.32. The Hall–Kier alpha value is -4.14. The first kappa shape index (κ1) is 22.1. The molecule has 3 aromatic rings. The number of ether oxygens (including phenoxy) is 1. The molecule has 0 atom stereocenters. The maximum atomic E-state index is 12.3. The number of nitrogens with zero attached hydrogens (tertiary/aromatic N) is 4. The Labute approximate surface area is 191 Å². The van der Waals surface area contributed by atoms with E-state index in [1.165, 1.54) is 0 Å². The summed E-state index contributed by atoms with van der Waals surface area (Å²) < 4.78 is 5.44. The number of benzene rings is 2. The summed E-state index contributed by atoms with van der Waals surface area (Å²) >= 11 is 0. The van der Waals surface area contributed by atoms with Crippen molar-refractivity contribution in [3.63, 3.8) is 0 Å². The molecular weight excluding hydrogens is 422 g/mol. The number of amides is 1. The molecule has 1 aliphatic rings. The van der Waals surface area contributed by atoms with Crippen molar-refractivity contribution >= 4 is 29.2 Å². The SMILES string of the molecule is O=C(COc1ccccc1)Nc1ccc(N2CCCN(c3ncccn3)CC2)cc1C(=O)O. The monoisotopic (exact) mass is 447 g/mol. The summed E-state index contributed by atoms with van der Waals surface area (Å²) in [5.74, 6) is -0.272. The summed E-state index contributed by atoms with van der Waals surface area (Å²) in [5.41, 5.74) is 1.07. The van der Waals surface area contributed by atoms with Gasteiger partial charge in [-0.3, -0.25) is 4.79 Å². The minimum Gasteiger partial charge on any atom is -0.484 e. The zero-order valence-electron chi connectivity index (χ0n) is 18.1. The highest BCUT2D eigenvalue weighted by atomic mass is 16.5. The van der Waals surface area contributed by atoms with Gasteiger partial charge in [0.1, 0.15) is 5.75 Å². The van der Waals surface area contributed by atoms with Crippen LogP contribution in [0.5, 0.6) is 5.75 Å². The van der Waals surface area contributed by atoms with Crippen LogP contribution in [0.1, 0.15) is 16.8 Å². The number of aromatic carboxylic acids is 1. The summed E-state index contributed by atoms with van der Waals surface area (Å²) in [6.45, 7) is 2.81. The average Bonchev–Trinajstić information content (AvgIpc) is 3.10. The molecule has 1 aromatic heterocycles. The third kappa shape index (κ3) is 5.76. The van der Waals surface area contributed by atoms with E-state index in [4.69, 9.17) is 4.74 Å². The molecule has 1 amide bonds. The fourth-order valence-electron chi connectivity index (χ4n) is 3.70. The number of carbonyl (C=O) groups excluding carboxylic acids is 1. The molecule has 0 bridgehead atoms. The number of para-hydroxylation sites is 1. The van der Waals surface area contributed by atoms with Gasteiger partial charge in [0.05, 0.1) is 11.3 Å². The second kappa shape index (κ2) is 10.4. The Bertz CT molecular complexity index is 1090. The van der Waals surface area contributed by atoms with Crippen molar-refractivity contribution in [2.24, 2.45) is 0 Å². The second-order valence-electron chi connectivity index (χ2n) is 7.56. The van der Waals surface area contributed by atoms with Crippen molar-refractivity contribution in [1.29, 1.82) is 0 Å². The summed E-state index contributed by atoms with van der Waals surface area (Å²) in [6.07, 6.45) is 4.33. The lowest BCUT2D eigenvalue weighted by molar-refractivity contribution is -0.118. The van der Waals surface area contributed by atoms with Crippen LogP contribution < -0.4 is 19.9 Å². The van der Waals surface area contributed by atoms with E-state index in [2.05, 4.69) is 25.1 Å². The zero-order chi connectivity index (χ0) is 23.0. The highest BCUT2D eigenvalue weighted by molar-refractivity contribution is 6.01. The molecule has 0 saturated carbocycles. The van der Waals surface area contributed by atoms with Crippen LogP contribution in [0.25, 0.3) is 0 Å². The summed E-state index contributed by atoms with van der Waals surface area (Å²) in [7, 11) is 0. The van der Waals surface area contributed by atoms with Gasteiger partial charge in [0.25, 0.3) is 5.91 Å². The smallest absolute Gasteiger partial charge is 0.337 e. The molecule has 0 spiro atoms. The number of aromatic nitrogens is 2. The molecule has 1 aliphatic heterocycles. The first-order chi connectivity index (χ1) is 16.1. The fourth-order valence-corrected chi connectivity index (χ4v) is 3.70. The summed E-state index contributed by atoms with van der Waals surface area (Å²) in [6, 6.07) is 15.8. The molecule has 9 heteroatoms. The maximum Gasteiger partial charge on any atom is 0.337 e. The first-order valence-corrected chi connectivity index (χ1v) is 10.7. The van der Waals surface area contributed by atoms with Gasteiger partial charge in [-0.25, -0.2) is 14.8 Å². The molecule has 4 rings (SSSR count). The quantitative estimate of drug-likeness (QED) is 0.569. The third-order valence-corrected chi connectivity index (χ3v) is 5.32. The normalized spacial score (nSPS) is 13.8. The van der Waals surface area contributed by atoms with E-state index in [0.717, 1.165) is 31.7 Å². The van der Waals surface area contributed by atoms with Crippen LogP contribution in [-0.2, 0) is 4.79 Å². The Kier molecular flexibility index (Phi) is 6.99. The molecule has 9 nitrogen and oxygen atoms in total. The minimum atomic E-state index is -1.11. The topological polar surface area (TPSA) is 108 Å². The van der Waals surface area contributed by atoms with E-state index in [-0.39, 0.29) is 17.9 Å².